The van der Waals surface area contributed by atoms with E-state index in [-0.39, 0.29) is 6.10 Å². The predicted molar refractivity (Wildman–Crippen MR) is 95.4 cm³/mol. The van der Waals surface area contributed by atoms with Crippen LogP contribution in [0.4, 0.5) is 0 Å². The van der Waals surface area contributed by atoms with Crippen molar-refractivity contribution in [2.45, 2.75) is 32.3 Å². The molecule has 0 aliphatic rings. The van der Waals surface area contributed by atoms with Gasteiger partial charge in [-0.2, -0.15) is 0 Å². The Kier molecular flexibility index (Phi) is 6.66. The number of aliphatic hydroxyl groups is 1. The summed E-state index contributed by atoms with van der Waals surface area (Å²) in [7, 11) is 0. The second-order valence-corrected chi connectivity index (χ2v) is 5.45. The third kappa shape index (κ3) is 5.34. The summed E-state index contributed by atoms with van der Waals surface area (Å²) in [6.45, 7) is 2.14. The lowest BCUT2D eigenvalue weighted by Gasteiger charge is -2.10. The molecular weight excluding hydrogens is 268 g/mol. The van der Waals surface area contributed by atoms with E-state index in [0.29, 0.717) is 0 Å². The molecule has 1 heteroatoms. The van der Waals surface area contributed by atoms with Gasteiger partial charge >= 0.3 is 0 Å². The van der Waals surface area contributed by atoms with Crippen LogP contribution in [-0.2, 0) is 0 Å². The van der Waals surface area contributed by atoms with E-state index in [1.54, 1.807) is 0 Å². The molecule has 0 bridgehead atoms. The van der Waals surface area contributed by atoms with Crippen molar-refractivity contribution in [1.29, 1.82) is 0 Å². The van der Waals surface area contributed by atoms with Crippen molar-refractivity contribution < 1.29 is 5.11 Å². The molecule has 1 nitrogen and oxygen atoms in total. The highest BCUT2D eigenvalue weighted by atomic mass is 16.3. The third-order valence-electron chi connectivity index (χ3n) is 3.64. The molecule has 0 aliphatic heterocycles. The summed E-state index contributed by atoms with van der Waals surface area (Å²) in [6, 6.07) is 18.4. The van der Waals surface area contributed by atoms with Crippen molar-refractivity contribution in [3.63, 3.8) is 0 Å². The first-order valence-corrected chi connectivity index (χ1v) is 7.97. The quantitative estimate of drug-likeness (QED) is 0.655. The molecule has 0 saturated heterocycles. The minimum atomic E-state index is -0.337. The highest BCUT2D eigenvalue weighted by molar-refractivity contribution is 5.57. The number of allylic oxidation sites excluding steroid dienone is 2. The molecular formula is C21H24O. The molecule has 0 radical (unpaired) electrons. The Bertz CT molecular complexity index is 594. The average Bonchev–Trinajstić information content (AvgIpc) is 2.58. The first-order valence-electron chi connectivity index (χ1n) is 7.97. The predicted octanol–water partition coefficient (Wildman–Crippen LogP) is 5.64. The number of aliphatic hydroxyl groups excluding tert-OH is 1. The number of unbranched alkanes of at least 4 members (excludes halogenated alkanes) is 1. The van der Waals surface area contributed by atoms with Gasteiger partial charge in [0.2, 0.25) is 0 Å². The van der Waals surface area contributed by atoms with Crippen molar-refractivity contribution in [1.82, 2.24) is 0 Å². The largest absolute Gasteiger partial charge is 0.388 e. The Labute approximate surface area is 133 Å². The van der Waals surface area contributed by atoms with Gasteiger partial charge in [-0.15, -0.1) is 0 Å². The molecule has 1 atom stereocenters. The topological polar surface area (TPSA) is 20.2 Å². The molecule has 1 N–H and O–H groups in total. The zero-order chi connectivity index (χ0) is 15.6. The second-order valence-electron chi connectivity index (χ2n) is 5.45. The Hall–Kier alpha value is -2.12. The average molecular weight is 292 g/mol. The van der Waals surface area contributed by atoms with Crippen LogP contribution in [0.5, 0.6) is 0 Å². The van der Waals surface area contributed by atoms with E-state index >= 15 is 0 Å². The van der Waals surface area contributed by atoms with E-state index in [9.17, 15) is 5.11 Å². The van der Waals surface area contributed by atoms with Gasteiger partial charge in [-0.1, -0.05) is 98.7 Å². The minimum absolute atomic E-state index is 0.337. The van der Waals surface area contributed by atoms with Crippen LogP contribution in [0.1, 0.15) is 49.0 Å². The zero-order valence-corrected chi connectivity index (χ0v) is 13.2. The first kappa shape index (κ1) is 16.3. The van der Waals surface area contributed by atoms with Crippen LogP contribution in [0, 0.1) is 0 Å². The molecule has 1 unspecified atom stereocenters. The summed E-state index contributed by atoms with van der Waals surface area (Å²) in [4.78, 5) is 0. The van der Waals surface area contributed by atoms with Crippen molar-refractivity contribution in [3.05, 3.63) is 83.4 Å². The van der Waals surface area contributed by atoms with E-state index in [0.717, 1.165) is 30.4 Å². The number of rotatable bonds is 7. The molecule has 2 aromatic rings. The fourth-order valence-electron chi connectivity index (χ4n) is 2.29. The molecule has 0 aromatic heterocycles. The van der Waals surface area contributed by atoms with E-state index in [1.165, 1.54) is 5.56 Å². The van der Waals surface area contributed by atoms with Gasteiger partial charge in [0.1, 0.15) is 0 Å². The monoisotopic (exact) mass is 292 g/mol. The number of benzene rings is 2. The molecule has 2 rings (SSSR count). The Morgan fingerprint density at radius 2 is 1.45 bits per heavy atom. The maximum absolute atomic E-state index is 10.1. The van der Waals surface area contributed by atoms with Crippen LogP contribution in [0.3, 0.4) is 0 Å². The zero-order valence-electron chi connectivity index (χ0n) is 13.2. The fourth-order valence-corrected chi connectivity index (χ4v) is 2.29. The van der Waals surface area contributed by atoms with Gasteiger partial charge in [0, 0.05) is 0 Å². The van der Waals surface area contributed by atoms with Crippen molar-refractivity contribution >= 4 is 12.2 Å². The molecule has 0 aliphatic carbocycles. The van der Waals surface area contributed by atoms with Crippen LogP contribution < -0.4 is 0 Å². The molecule has 0 saturated carbocycles. The summed E-state index contributed by atoms with van der Waals surface area (Å²) >= 11 is 0. The highest BCUT2D eigenvalue weighted by Crippen LogP contribution is 2.19. The molecule has 0 amide bonds. The first-order chi connectivity index (χ1) is 10.8. The number of hydrogen-bond acceptors (Lipinski definition) is 1. The summed E-state index contributed by atoms with van der Waals surface area (Å²) in [5.41, 5.74) is 3.34. The summed E-state index contributed by atoms with van der Waals surface area (Å²) < 4.78 is 0. The SMILES string of the molecule is CCCCC(O)c1ccc(/C=C/C=C/c2ccccc2)cc1. The van der Waals surface area contributed by atoms with Crippen molar-refractivity contribution in [3.8, 4) is 0 Å². The Morgan fingerprint density at radius 3 is 2.05 bits per heavy atom. The van der Waals surface area contributed by atoms with Gasteiger partial charge in [0.05, 0.1) is 6.10 Å². The molecule has 0 heterocycles. The van der Waals surface area contributed by atoms with Gasteiger partial charge in [0.25, 0.3) is 0 Å². The van der Waals surface area contributed by atoms with Crippen LogP contribution in [0.15, 0.2) is 66.7 Å². The van der Waals surface area contributed by atoms with Gasteiger partial charge in [0.15, 0.2) is 0 Å². The second kappa shape index (κ2) is 9.01. The maximum atomic E-state index is 10.1. The lowest BCUT2D eigenvalue weighted by atomic mass is 10.0. The summed E-state index contributed by atoms with van der Waals surface area (Å²) in [6.07, 6.45) is 10.9. The van der Waals surface area contributed by atoms with Gasteiger partial charge in [-0.05, 0) is 23.1 Å². The smallest absolute Gasteiger partial charge is 0.0790 e. The van der Waals surface area contributed by atoms with Crippen LogP contribution in [-0.4, -0.2) is 5.11 Å². The van der Waals surface area contributed by atoms with Crippen LogP contribution >= 0.6 is 0 Å². The van der Waals surface area contributed by atoms with E-state index < -0.39 is 0 Å². The van der Waals surface area contributed by atoms with E-state index in [2.05, 4.69) is 43.3 Å². The van der Waals surface area contributed by atoms with Crippen molar-refractivity contribution in [2.24, 2.45) is 0 Å². The molecule has 0 spiro atoms. The third-order valence-corrected chi connectivity index (χ3v) is 3.64. The highest BCUT2D eigenvalue weighted by Gasteiger charge is 2.05. The van der Waals surface area contributed by atoms with E-state index in [1.807, 2.05) is 42.5 Å². The number of hydrogen-bond donors (Lipinski definition) is 1. The normalized spacial score (nSPS) is 13.0. The lowest BCUT2D eigenvalue weighted by molar-refractivity contribution is 0.164. The Balaban J connectivity index is 1.90. The molecule has 114 valence electrons. The lowest BCUT2D eigenvalue weighted by Crippen LogP contribution is -1.96. The maximum Gasteiger partial charge on any atom is 0.0790 e. The molecule has 0 fully saturated rings. The molecule has 22 heavy (non-hydrogen) atoms. The minimum Gasteiger partial charge on any atom is -0.388 e. The van der Waals surface area contributed by atoms with Gasteiger partial charge < -0.3 is 5.11 Å². The van der Waals surface area contributed by atoms with E-state index in [4.69, 9.17) is 0 Å². The van der Waals surface area contributed by atoms with Crippen LogP contribution in [0.2, 0.25) is 0 Å². The fraction of sp³-hybridized carbons (Fsp3) is 0.238. The summed E-state index contributed by atoms with van der Waals surface area (Å²) in [5.74, 6) is 0. The summed E-state index contributed by atoms with van der Waals surface area (Å²) in [5, 5.41) is 10.1. The Morgan fingerprint density at radius 1 is 0.864 bits per heavy atom. The van der Waals surface area contributed by atoms with Crippen molar-refractivity contribution in [2.75, 3.05) is 0 Å². The molecule has 2 aromatic carbocycles. The van der Waals surface area contributed by atoms with Crippen LogP contribution in [0.25, 0.3) is 12.2 Å². The van der Waals surface area contributed by atoms with Gasteiger partial charge in [-0.25, -0.2) is 0 Å². The standard InChI is InChI=1S/C21H24O/c1-2-3-13-21(22)20-16-14-19(15-17-20)12-8-7-11-18-9-5-4-6-10-18/h4-12,14-17,21-22H,2-3,13H2,1H3/b11-7+,12-8+. The van der Waals surface area contributed by atoms with Gasteiger partial charge in [-0.3, -0.25) is 0 Å².